The molecule has 1 amide bonds. The number of carbonyl (C=O) groups excluding carboxylic acids is 1. The highest BCUT2D eigenvalue weighted by molar-refractivity contribution is 5.89. The summed E-state index contributed by atoms with van der Waals surface area (Å²) >= 11 is 0. The largest absolute Gasteiger partial charge is 0.573 e. The van der Waals surface area contributed by atoms with Crippen molar-refractivity contribution in [1.82, 2.24) is 9.97 Å². The lowest BCUT2D eigenvalue weighted by atomic mass is 9.96. The van der Waals surface area contributed by atoms with E-state index in [9.17, 15) is 26.7 Å². The Labute approximate surface area is 199 Å². The van der Waals surface area contributed by atoms with Gasteiger partial charge >= 0.3 is 12.5 Å². The molecule has 0 aliphatic carbocycles. The molecule has 3 atom stereocenters. The number of carbonyl (C=O) groups is 1. The summed E-state index contributed by atoms with van der Waals surface area (Å²) in [5.41, 5.74) is -0.425. The normalized spacial score (nSPS) is 18.4. The van der Waals surface area contributed by atoms with Crippen molar-refractivity contribution in [3.05, 3.63) is 47.4 Å². The summed E-state index contributed by atoms with van der Waals surface area (Å²) in [6, 6.07) is 2.17. The number of ether oxygens (including phenoxy) is 3. The first-order chi connectivity index (χ1) is 16.1. The molecule has 12 heteroatoms. The van der Waals surface area contributed by atoms with Gasteiger partial charge in [-0.3, -0.25) is 0 Å². The second kappa shape index (κ2) is 9.92. The molecular formula is C23H26F5N3O4. The molecule has 1 aromatic heterocycles. The number of hydrogen-bond acceptors (Lipinski definition) is 6. The Balaban J connectivity index is 1.82. The van der Waals surface area contributed by atoms with Gasteiger partial charge in [-0.1, -0.05) is 13.0 Å². The van der Waals surface area contributed by atoms with Crippen molar-refractivity contribution in [2.75, 3.05) is 11.5 Å². The molecule has 1 aliphatic heterocycles. The summed E-state index contributed by atoms with van der Waals surface area (Å²) in [5, 5.41) is 0. The first-order valence-corrected chi connectivity index (χ1v) is 10.8. The van der Waals surface area contributed by atoms with Crippen LogP contribution >= 0.6 is 0 Å². The van der Waals surface area contributed by atoms with Crippen LogP contribution in [0.2, 0.25) is 0 Å². The number of benzene rings is 1. The van der Waals surface area contributed by atoms with Gasteiger partial charge in [0.15, 0.2) is 11.6 Å². The van der Waals surface area contributed by atoms with Crippen molar-refractivity contribution in [1.29, 1.82) is 0 Å². The maximum atomic E-state index is 14.7. The van der Waals surface area contributed by atoms with Crippen molar-refractivity contribution < 1.29 is 41.0 Å². The highest BCUT2D eigenvalue weighted by atomic mass is 19.4. The molecule has 192 valence electrons. The van der Waals surface area contributed by atoms with Crippen LogP contribution < -0.4 is 9.64 Å². The number of alkyl halides is 3. The van der Waals surface area contributed by atoms with E-state index in [2.05, 4.69) is 14.7 Å². The van der Waals surface area contributed by atoms with Gasteiger partial charge in [-0.15, -0.1) is 13.2 Å². The number of hydrogen-bond donors (Lipinski definition) is 0. The average molecular weight is 503 g/mol. The van der Waals surface area contributed by atoms with Gasteiger partial charge in [0.2, 0.25) is 0 Å². The van der Waals surface area contributed by atoms with Crippen LogP contribution in [0.3, 0.4) is 0 Å². The molecule has 0 radical (unpaired) electrons. The monoisotopic (exact) mass is 503 g/mol. The van der Waals surface area contributed by atoms with E-state index >= 15 is 0 Å². The molecule has 1 aliphatic rings. The van der Waals surface area contributed by atoms with E-state index in [1.54, 1.807) is 13.8 Å². The lowest BCUT2D eigenvalue weighted by molar-refractivity contribution is -0.274. The standard InChI is InChI=1S/C23H26F5N3O4/c1-12(15-7-6-14(9-16(15)24)35-23(26,27)28)8-19-29-10-17(25)20(30-19)31-18(11-33-21(31)32)13(2)34-22(3,4)5/h6-7,9-10,12-13,18H,8,11H2,1-5H3/t12-,13-,18-/m1/s1. The molecule has 1 aromatic carbocycles. The molecule has 1 fully saturated rings. The first-order valence-electron chi connectivity index (χ1n) is 10.8. The Morgan fingerprint density at radius 1 is 1.17 bits per heavy atom. The van der Waals surface area contributed by atoms with E-state index in [4.69, 9.17) is 9.47 Å². The van der Waals surface area contributed by atoms with Gasteiger partial charge in [-0.2, -0.15) is 0 Å². The second-order valence-electron chi connectivity index (χ2n) is 9.24. The number of nitrogens with zero attached hydrogens (tertiary/aromatic N) is 3. The fourth-order valence-electron chi connectivity index (χ4n) is 3.81. The summed E-state index contributed by atoms with van der Waals surface area (Å²) < 4.78 is 81.0. The summed E-state index contributed by atoms with van der Waals surface area (Å²) in [7, 11) is 0. The quantitative estimate of drug-likeness (QED) is 0.463. The van der Waals surface area contributed by atoms with Crippen molar-refractivity contribution in [2.24, 2.45) is 0 Å². The third kappa shape index (κ3) is 6.77. The van der Waals surface area contributed by atoms with E-state index in [0.717, 1.165) is 17.2 Å². The van der Waals surface area contributed by atoms with Crippen molar-refractivity contribution in [3.8, 4) is 5.75 Å². The highest BCUT2D eigenvalue weighted by Crippen LogP contribution is 2.31. The Hall–Kier alpha value is -3.02. The Morgan fingerprint density at radius 3 is 2.46 bits per heavy atom. The lowest BCUT2D eigenvalue weighted by Gasteiger charge is -2.31. The molecule has 2 aromatic rings. The number of amides is 1. The van der Waals surface area contributed by atoms with Crippen LogP contribution in [0.25, 0.3) is 0 Å². The molecule has 0 N–H and O–H groups in total. The minimum atomic E-state index is -4.94. The topological polar surface area (TPSA) is 73.8 Å². The van der Waals surface area contributed by atoms with Crippen molar-refractivity contribution in [2.45, 2.75) is 71.1 Å². The van der Waals surface area contributed by atoms with E-state index in [-0.39, 0.29) is 30.2 Å². The zero-order valence-corrected chi connectivity index (χ0v) is 19.8. The van der Waals surface area contributed by atoms with Crippen LogP contribution in [0.1, 0.15) is 51.9 Å². The molecule has 35 heavy (non-hydrogen) atoms. The predicted molar refractivity (Wildman–Crippen MR) is 115 cm³/mol. The maximum absolute atomic E-state index is 14.7. The Kier molecular flexibility index (Phi) is 7.53. The zero-order chi connectivity index (χ0) is 26.1. The summed E-state index contributed by atoms with van der Waals surface area (Å²) in [5.74, 6) is -3.22. The summed E-state index contributed by atoms with van der Waals surface area (Å²) in [6.07, 6.45) is -5.32. The van der Waals surface area contributed by atoms with Gasteiger partial charge in [-0.25, -0.2) is 28.4 Å². The Bertz CT molecular complexity index is 1070. The van der Waals surface area contributed by atoms with Crippen LogP contribution in [-0.4, -0.2) is 46.8 Å². The van der Waals surface area contributed by atoms with E-state index < -0.39 is 53.5 Å². The van der Waals surface area contributed by atoms with Crippen molar-refractivity contribution >= 4 is 11.9 Å². The van der Waals surface area contributed by atoms with Gasteiger partial charge < -0.3 is 14.2 Å². The minimum absolute atomic E-state index is 0.0191. The van der Waals surface area contributed by atoms with Gasteiger partial charge in [0.05, 0.1) is 17.9 Å². The minimum Gasteiger partial charge on any atom is -0.447 e. The summed E-state index contributed by atoms with van der Waals surface area (Å²) in [4.78, 5) is 21.6. The first kappa shape index (κ1) is 26.6. The molecule has 2 heterocycles. The van der Waals surface area contributed by atoms with E-state index in [1.165, 1.54) is 6.07 Å². The molecule has 1 saturated heterocycles. The number of aromatic nitrogens is 2. The molecule has 0 saturated carbocycles. The average Bonchev–Trinajstić information content (AvgIpc) is 3.08. The van der Waals surface area contributed by atoms with Crippen LogP contribution in [0.4, 0.5) is 32.6 Å². The Morgan fingerprint density at radius 2 is 1.86 bits per heavy atom. The van der Waals surface area contributed by atoms with E-state index in [1.807, 2.05) is 20.8 Å². The number of anilines is 1. The number of rotatable bonds is 7. The van der Waals surface area contributed by atoms with Gasteiger partial charge in [-0.05, 0) is 45.2 Å². The fraction of sp³-hybridized carbons (Fsp3) is 0.522. The molecule has 0 bridgehead atoms. The van der Waals surface area contributed by atoms with Crippen LogP contribution in [-0.2, 0) is 15.9 Å². The second-order valence-corrected chi connectivity index (χ2v) is 9.24. The smallest absolute Gasteiger partial charge is 0.447 e. The zero-order valence-electron chi connectivity index (χ0n) is 19.8. The van der Waals surface area contributed by atoms with Crippen molar-refractivity contribution in [3.63, 3.8) is 0 Å². The van der Waals surface area contributed by atoms with Crippen LogP contribution in [0.5, 0.6) is 5.75 Å². The lowest BCUT2D eigenvalue weighted by Crippen LogP contribution is -2.45. The van der Waals surface area contributed by atoms with Gasteiger partial charge in [0.1, 0.15) is 30.0 Å². The highest BCUT2D eigenvalue weighted by Gasteiger charge is 2.42. The molecule has 0 spiro atoms. The van der Waals surface area contributed by atoms with E-state index in [0.29, 0.717) is 6.07 Å². The summed E-state index contributed by atoms with van der Waals surface area (Å²) in [6.45, 7) is 8.86. The number of cyclic esters (lactones) is 1. The third-order valence-electron chi connectivity index (χ3n) is 5.22. The number of halogens is 5. The molecule has 0 unspecified atom stereocenters. The fourth-order valence-corrected chi connectivity index (χ4v) is 3.81. The molecular weight excluding hydrogens is 477 g/mol. The van der Waals surface area contributed by atoms with Crippen LogP contribution in [0.15, 0.2) is 24.4 Å². The molecule has 3 rings (SSSR count). The third-order valence-corrected chi connectivity index (χ3v) is 5.22. The van der Waals surface area contributed by atoms with Crippen LogP contribution in [0, 0.1) is 11.6 Å². The SMILES string of the molecule is C[C@H](Cc1ncc(F)c(N2C(=O)OC[C@@H]2[C@@H](C)OC(C)(C)C)n1)c1ccc(OC(F)(F)F)cc1F. The van der Waals surface area contributed by atoms with Gasteiger partial charge in [0, 0.05) is 12.5 Å². The molecule has 7 nitrogen and oxygen atoms in total. The predicted octanol–water partition coefficient (Wildman–Crippen LogP) is 5.53. The maximum Gasteiger partial charge on any atom is 0.573 e. The van der Waals surface area contributed by atoms with Gasteiger partial charge in [0.25, 0.3) is 0 Å².